The molecule has 0 spiro atoms. The van der Waals surface area contributed by atoms with Crippen LogP contribution in [0.3, 0.4) is 0 Å². The Morgan fingerprint density at radius 2 is 2.06 bits per heavy atom. The molecule has 0 aliphatic heterocycles. The van der Waals surface area contributed by atoms with Crippen LogP contribution in [0.5, 0.6) is 0 Å². The van der Waals surface area contributed by atoms with Crippen LogP contribution in [0, 0.1) is 21.7 Å². The van der Waals surface area contributed by atoms with Gasteiger partial charge in [0.15, 0.2) is 11.6 Å². The molecule has 1 heterocycles. The summed E-state index contributed by atoms with van der Waals surface area (Å²) in [5, 5.41) is 10.8. The molecule has 0 fully saturated rings. The predicted octanol–water partition coefficient (Wildman–Crippen LogP) is 1.99. The molecule has 0 aliphatic carbocycles. The summed E-state index contributed by atoms with van der Waals surface area (Å²) in [5.74, 6) is -2.71. The summed E-state index contributed by atoms with van der Waals surface area (Å²) < 4.78 is 31.0. The number of nitro benzene ring substituents is 1. The van der Waals surface area contributed by atoms with Gasteiger partial charge in [-0.05, 0) is 6.07 Å². The first-order valence-electron chi connectivity index (χ1n) is 4.81. The van der Waals surface area contributed by atoms with Gasteiger partial charge < -0.3 is 10.2 Å². The number of benzene rings is 1. The number of hydrogen-bond donors (Lipinski definition) is 1. The standard InChI is InChI=1S/C10H7F2N3O3/c11-7-1-6(9(15(16)17)2-8(7)12)10-14-5(3-13)4-18-10/h1-2,4H,3,13H2. The minimum absolute atomic E-state index is 0.0704. The Labute approximate surface area is 99.2 Å². The summed E-state index contributed by atoms with van der Waals surface area (Å²) in [6.07, 6.45) is 1.19. The fourth-order valence-corrected chi connectivity index (χ4v) is 1.38. The molecule has 0 bridgehead atoms. The van der Waals surface area contributed by atoms with E-state index in [-0.39, 0.29) is 18.0 Å². The van der Waals surface area contributed by atoms with Crippen LogP contribution in [0.25, 0.3) is 11.5 Å². The summed E-state index contributed by atoms with van der Waals surface area (Å²) in [5.41, 5.74) is 4.79. The van der Waals surface area contributed by atoms with Gasteiger partial charge >= 0.3 is 0 Å². The molecular formula is C10H7F2N3O3. The van der Waals surface area contributed by atoms with Crippen molar-refractivity contribution in [3.05, 3.63) is 45.8 Å². The second kappa shape index (κ2) is 4.49. The average molecular weight is 255 g/mol. The number of nitro groups is 1. The number of oxazole rings is 1. The normalized spacial score (nSPS) is 10.6. The lowest BCUT2D eigenvalue weighted by molar-refractivity contribution is -0.384. The van der Waals surface area contributed by atoms with Crippen LogP contribution in [0.15, 0.2) is 22.8 Å². The van der Waals surface area contributed by atoms with Gasteiger partial charge in [0.05, 0.1) is 16.7 Å². The maximum atomic E-state index is 13.1. The highest BCUT2D eigenvalue weighted by Crippen LogP contribution is 2.31. The lowest BCUT2D eigenvalue weighted by Crippen LogP contribution is -1.98. The number of nitrogens with two attached hydrogens (primary N) is 1. The Bertz CT molecular complexity index is 612. The minimum Gasteiger partial charge on any atom is -0.444 e. The molecule has 1 aromatic carbocycles. The number of halogens is 2. The molecule has 2 N–H and O–H groups in total. The molecule has 0 unspecified atom stereocenters. The van der Waals surface area contributed by atoms with Gasteiger partial charge in [-0.25, -0.2) is 13.8 Å². The summed E-state index contributed by atoms with van der Waals surface area (Å²) in [6, 6.07) is 1.15. The van der Waals surface area contributed by atoms with E-state index in [1.165, 1.54) is 6.26 Å². The lowest BCUT2D eigenvalue weighted by atomic mass is 10.1. The van der Waals surface area contributed by atoms with E-state index in [1.807, 2.05) is 0 Å². The second-order valence-corrected chi connectivity index (χ2v) is 3.39. The van der Waals surface area contributed by atoms with Gasteiger partial charge in [-0.15, -0.1) is 0 Å². The van der Waals surface area contributed by atoms with Gasteiger partial charge in [-0.2, -0.15) is 0 Å². The van der Waals surface area contributed by atoms with Crippen molar-refractivity contribution in [2.24, 2.45) is 5.73 Å². The van der Waals surface area contributed by atoms with Crippen LogP contribution in [-0.2, 0) is 6.54 Å². The van der Waals surface area contributed by atoms with Crippen LogP contribution in [0.2, 0.25) is 0 Å². The van der Waals surface area contributed by atoms with Crippen LogP contribution >= 0.6 is 0 Å². The van der Waals surface area contributed by atoms with Crippen LogP contribution in [0.4, 0.5) is 14.5 Å². The SMILES string of the molecule is NCc1coc(-c2cc(F)c(F)cc2[N+](=O)[O-])n1. The molecule has 6 nitrogen and oxygen atoms in total. The largest absolute Gasteiger partial charge is 0.444 e. The highest BCUT2D eigenvalue weighted by Gasteiger charge is 2.23. The Hall–Kier alpha value is -2.35. The molecule has 18 heavy (non-hydrogen) atoms. The monoisotopic (exact) mass is 255 g/mol. The van der Waals surface area contributed by atoms with Gasteiger partial charge in [0.1, 0.15) is 11.8 Å². The van der Waals surface area contributed by atoms with E-state index in [1.54, 1.807) is 0 Å². The summed E-state index contributed by atoms with van der Waals surface area (Å²) in [4.78, 5) is 13.7. The number of aromatic nitrogens is 1. The molecule has 8 heteroatoms. The second-order valence-electron chi connectivity index (χ2n) is 3.39. The average Bonchev–Trinajstić information content (AvgIpc) is 2.80. The van der Waals surface area contributed by atoms with Gasteiger partial charge in [0, 0.05) is 6.54 Å². The summed E-state index contributed by atoms with van der Waals surface area (Å²) in [6.45, 7) is 0.0704. The molecule has 0 aliphatic rings. The molecule has 0 atom stereocenters. The maximum Gasteiger partial charge on any atom is 0.285 e. The zero-order valence-electron chi connectivity index (χ0n) is 8.89. The minimum atomic E-state index is -1.31. The molecule has 1 aromatic heterocycles. The smallest absolute Gasteiger partial charge is 0.285 e. The molecule has 0 amide bonds. The molecule has 0 radical (unpaired) electrons. The molecular weight excluding hydrogens is 248 g/mol. The van der Waals surface area contributed by atoms with E-state index in [2.05, 4.69) is 4.98 Å². The van der Waals surface area contributed by atoms with Crippen molar-refractivity contribution < 1.29 is 18.1 Å². The Morgan fingerprint density at radius 1 is 1.39 bits per heavy atom. The van der Waals surface area contributed by atoms with Crippen molar-refractivity contribution in [2.75, 3.05) is 0 Å². The lowest BCUT2D eigenvalue weighted by Gasteiger charge is -2.00. The van der Waals surface area contributed by atoms with E-state index in [4.69, 9.17) is 10.2 Å². The maximum absolute atomic E-state index is 13.1. The van der Waals surface area contributed by atoms with Gasteiger partial charge in [0.2, 0.25) is 5.89 Å². The van der Waals surface area contributed by atoms with Crippen LogP contribution in [0.1, 0.15) is 5.69 Å². The van der Waals surface area contributed by atoms with Gasteiger partial charge in [0.25, 0.3) is 5.69 Å². The highest BCUT2D eigenvalue weighted by atomic mass is 19.2. The van der Waals surface area contributed by atoms with E-state index in [0.29, 0.717) is 17.8 Å². The highest BCUT2D eigenvalue weighted by molar-refractivity contribution is 5.67. The zero-order valence-corrected chi connectivity index (χ0v) is 8.89. The first-order chi connectivity index (χ1) is 8.52. The number of rotatable bonds is 3. The molecule has 94 valence electrons. The first kappa shape index (κ1) is 12.1. The van der Waals surface area contributed by atoms with Crippen LogP contribution in [-0.4, -0.2) is 9.91 Å². The molecule has 0 saturated heterocycles. The Balaban J connectivity index is 2.61. The number of hydrogen-bond acceptors (Lipinski definition) is 5. The fourth-order valence-electron chi connectivity index (χ4n) is 1.38. The topological polar surface area (TPSA) is 95.2 Å². The van der Waals surface area contributed by atoms with Gasteiger partial charge in [-0.1, -0.05) is 0 Å². The van der Waals surface area contributed by atoms with Crippen molar-refractivity contribution in [1.29, 1.82) is 0 Å². The summed E-state index contributed by atoms with van der Waals surface area (Å²) >= 11 is 0. The predicted molar refractivity (Wildman–Crippen MR) is 56.4 cm³/mol. The van der Waals surface area contributed by atoms with Crippen molar-refractivity contribution >= 4 is 5.69 Å². The van der Waals surface area contributed by atoms with E-state index < -0.39 is 22.2 Å². The fraction of sp³-hybridized carbons (Fsp3) is 0.100. The first-order valence-corrected chi connectivity index (χ1v) is 4.81. The van der Waals surface area contributed by atoms with Crippen molar-refractivity contribution in [3.63, 3.8) is 0 Å². The third-order valence-electron chi connectivity index (χ3n) is 2.23. The van der Waals surface area contributed by atoms with Crippen molar-refractivity contribution in [2.45, 2.75) is 6.54 Å². The zero-order chi connectivity index (χ0) is 13.3. The summed E-state index contributed by atoms with van der Waals surface area (Å²) in [7, 11) is 0. The van der Waals surface area contributed by atoms with Gasteiger partial charge in [-0.3, -0.25) is 10.1 Å². The third-order valence-corrected chi connectivity index (χ3v) is 2.23. The van der Waals surface area contributed by atoms with Crippen molar-refractivity contribution in [3.8, 4) is 11.5 Å². The molecule has 0 saturated carbocycles. The Morgan fingerprint density at radius 3 is 2.61 bits per heavy atom. The molecule has 2 aromatic rings. The number of nitrogens with zero attached hydrogens (tertiary/aromatic N) is 2. The molecule has 2 rings (SSSR count). The van der Waals surface area contributed by atoms with E-state index in [9.17, 15) is 18.9 Å². The Kier molecular flexibility index (Phi) is 3.02. The van der Waals surface area contributed by atoms with Crippen LogP contribution < -0.4 is 5.73 Å². The third kappa shape index (κ3) is 2.05. The van der Waals surface area contributed by atoms with Crippen molar-refractivity contribution in [1.82, 2.24) is 4.98 Å². The van der Waals surface area contributed by atoms with E-state index >= 15 is 0 Å². The quantitative estimate of drug-likeness (QED) is 0.668. The van der Waals surface area contributed by atoms with E-state index in [0.717, 1.165) is 0 Å².